The summed E-state index contributed by atoms with van der Waals surface area (Å²) in [5.41, 5.74) is 3.79. The fourth-order valence-corrected chi connectivity index (χ4v) is 1.68. The Morgan fingerprint density at radius 2 is 2.00 bits per heavy atom. The lowest BCUT2D eigenvalue weighted by molar-refractivity contribution is 0.854. The molecule has 0 aliphatic carbocycles. The lowest BCUT2D eigenvalue weighted by Gasteiger charge is -2.06. The van der Waals surface area contributed by atoms with E-state index in [2.05, 4.69) is 54.2 Å². The van der Waals surface area contributed by atoms with E-state index in [1.54, 1.807) is 0 Å². The average molecular weight is 188 g/mol. The summed E-state index contributed by atoms with van der Waals surface area (Å²) in [6.07, 6.45) is 4.29. The average Bonchev–Trinajstić information content (AvgIpc) is 2.59. The molecule has 0 saturated heterocycles. The topological polar surface area (TPSA) is 16.4 Å². The summed E-state index contributed by atoms with van der Waals surface area (Å²) in [5, 5.41) is 3.18. The smallest absolute Gasteiger partial charge is 0.0683 e. The van der Waals surface area contributed by atoms with Gasteiger partial charge in [0.15, 0.2) is 0 Å². The van der Waals surface area contributed by atoms with Crippen LogP contribution in [0.3, 0.4) is 0 Å². The second-order valence-corrected chi connectivity index (χ2v) is 3.89. The van der Waals surface area contributed by atoms with Crippen molar-refractivity contribution in [2.75, 3.05) is 12.4 Å². The van der Waals surface area contributed by atoms with Crippen LogP contribution in [-0.2, 0) is 0 Å². The van der Waals surface area contributed by atoms with Crippen molar-refractivity contribution in [3.8, 4) is 0 Å². The summed E-state index contributed by atoms with van der Waals surface area (Å²) in [6, 6.07) is 6.46. The van der Waals surface area contributed by atoms with Gasteiger partial charge in [0.1, 0.15) is 0 Å². The number of nitrogens with one attached hydrogen (secondary N) is 1. The number of rotatable bonds is 2. The van der Waals surface area contributed by atoms with Gasteiger partial charge in [0, 0.05) is 19.4 Å². The van der Waals surface area contributed by atoms with Gasteiger partial charge in [-0.1, -0.05) is 19.9 Å². The van der Waals surface area contributed by atoms with Gasteiger partial charge in [-0.05, 0) is 23.6 Å². The fourth-order valence-electron chi connectivity index (χ4n) is 1.68. The number of anilines is 1. The Morgan fingerprint density at radius 3 is 2.64 bits per heavy atom. The van der Waals surface area contributed by atoms with Crippen LogP contribution in [-0.4, -0.2) is 11.4 Å². The van der Waals surface area contributed by atoms with E-state index in [1.165, 1.54) is 16.8 Å². The molecular formula is C12H16N2. The van der Waals surface area contributed by atoms with E-state index in [-0.39, 0.29) is 0 Å². The summed E-state index contributed by atoms with van der Waals surface area (Å²) in [5.74, 6) is 0.583. The fraction of sp³-hybridized carbons (Fsp3) is 0.333. The van der Waals surface area contributed by atoms with Crippen molar-refractivity contribution >= 4 is 11.2 Å². The highest BCUT2D eigenvalue weighted by Gasteiger charge is 2.03. The molecule has 0 fully saturated rings. The minimum atomic E-state index is 0.583. The largest absolute Gasteiger partial charge is 0.386 e. The van der Waals surface area contributed by atoms with Crippen molar-refractivity contribution in [2.45, 2.75) is 19.8 Å². The maximum Gasteiger partial charge on any atom is 0.0683 e. The van der Waals surface area contributed by atoms with Crippen molar-refractivity contribution in [3.63, 3.8) is 0 Å². The predicted octanol–water partition coefficient (Wildman–Crippen LogP) is 3.10. The van der Waals surface area contributed by atoms with E-state index < -0.39 is 0 Å². The number of pyridine rings is 1. The van der Waals surface area contributed by atoms with E-state index in [9.17, 15) is 0 Å². The highest BCUT2D eigenvalue weighted by molar-refractivity contribution is 5.72. The monoisotopic (exact) mass is 188 g/mol. The second-order valence-electron chi connectivity index (χ2n) is 3.89. The highest BCUT2D eigenvalue weighted by Crippen LogP contribution is 2.21. The Hall–Kier alpha value is -1.44. The molecule has 2 heterocycles. The van der Waals surface area contributed by atoms with Gasteiger partial charge in [-0.25, -0.2) is 0 Å². The Bertz CT molecular complexity index is 441. The zero-order valence-corrected chi connectivity index (χ0v) is 8.91. The molecule has 74 valence electrons. The summed E-state index contributed by atoms with van der Waals surface area (Å²) < 4.78 is 2.17. The number of fused-ring (bicyclic) bond motifs is 1. The Labute approximate surface area is 84.6 Å². The molecule has 2 aromatic rings. The van der Waals surface area contributed by atoms with Crippen LogP contribution >= 0.6 is 0 Å². The molecule has 0 bridgehead atoms. The maximum absolute atomic E-state index is 3.18. The second kappa shape index (κ2) is 3.37. The lowest BCUT2D eigenvalue weighted by Crippen LogP contribution is -1.92. The molecule has 0 atom stereocenters. The van der Waals surface area contributed by atoms with E-state index in [1.807, 2.05) is 7.05 Å². The molecule has 0 radical (unpaired) electrons. The third-order valence-corrected chi connectivity index (χ3v) is 2.61. The molecule has 2 aromatic heterocycles. The Morgan fingerprint density at radius 1 is 1.21 bits per heavy atom. The highest BCUT2D eigenvalue weighted by atomic mass is 14.9. The molecule has 0 spiro atoms. The molecule has 1 N–H and O–H groups in total. The standard InChI is InChI=1S/C12H16N2/c1-9(2)10-4-5-12-11(13-3)6-7-14(12)8-10/h4-9,13H,1-3H3. The van der Waals surface area contributed by atoms with Gasteiger partial charge in [-0.3, -0.25) is 0 Å². The van der Waals surface area contributed by atoms with Gasteiger partial charge in [-0.15, -0.1) is 0 Å². The zero-order chi connectivity index (χ0) is 10.1. The van der Waals surface area contributed by atoms with Crippen LogP contribution in [0.4, 0.5) is 5.69 Å². The predicted molar refractivity (Wildman–Crippen MR) is 61.0 cm³/mol. The van der Waals surface area contributed by atoms with Gasteiger partial charge in [0.25, 0.3) is 0 Å². The van der Waals surface area contributed by atoms with Crippen LogP contribution in [0.15, 0.2) is 30.6 Å². The molecule has 0 amide bonds. The zero-order valence-electron chi connectivity index (χ0n) is 8.91. The van der Waals surface area contributed by atoms with Crippen molar-refractivity contribution in [1.29, 1.82) is 0 Å². The molecule has 0 saturated carbocycles. The van der Waals surface area contributed by atoms with Crippen LogP contribution in [0.2, 0.25) is 0 Å². The molecule has 0 unspecified atom stereocenters. The summed E-state index contributed by atoms with van der Waals surface area (Å²) in [6.45, 7) is 4.42. The number of hydrogen-bond donors (Lipinski definition) is 1. The summed E-state index contributed by atoms with van der Waals surface area (Å²) in [7, 11) is 1.95. The Kier molecular flexibility index (Phi) is 2.20. The maximum atomic E-state index is 3.18. The number of nitrogens with zero attached hydrogens (tertiary/aromatic N) is 1. The summed E-state index contributed by atoms with van der Waals surface area (Å²) >= 11 is 0. The van der Waals surface area contributed by atoms with E-state index >= 15 is 0 Å². The number of aromatic nitrogens is 1. The van der Waals surface area contributed by atoms with Crippen LogP contribution < -0.4 is 5.32 Å². The minimum Gasteiger partial charge on any atom is -0.386 e. The van der Waals surface area contributed by atoms with Gasteiger partial charge in [-0.2, -0.15) is 0 Å². The molecule has 2 heteroatoms. The van der Waals surface area contributed by atoms with Gasteiger partial charge in [0.2, 0.25) is 0 Å². The first-order valence-corrected chi connectivity index (χ1v) is 5.00. The SMILES string of the molecule is CNc1ccn2cc(C(C)C)ccc12. The molecule has 0 aliphatic heterocycles. The van der Waals surface area contributed by atoms with Crippen LogP contribution in [0.25, 0.3) is 5.52 Å². The third kappa shape index (κ3) is 1.37. The molecule has 2 nitrogen and oxygen atoms in total. The normalized spacial score (nSPS) is 11.1. The Balaban J connectivity index is 2.57. The van der Waals surface area contributed by atoms with Crippen molar-refractivity contribution < 1.29 is 0 Å². The van der Waals surface area contributed by atoms with Crippen LogP contribution in [0.1, 0.15) is 25.3 Å². The molecule has 14 heavy (non-hydrogen) atoms. The molecular weight excluding hydrogens is 172 g/mol. The van der Waals surface area contributed by atoms with Crippen LogP contribution in [0, 0.1) is 0 Å². The minimum absolute atomic E-state index is 0.583. The molecule has 0 aromatic carbocycles. The van der Waals surface area contributed by atoms with Gasteiger partial charge >= 0.3 is 0 Å². The molecule has 0 aliphatic rings. The first-order chi connectivity index (χ1) is 6.72. The van der Waals surface area contributed by atoms with E-state index in [4.69, 9.17) is 0 Å². The van der Waals surface area contributed by atoms with E-state index in [0.29, 0.717) is 5.92 Å². The van der Waals surface area contributed by atoms with Crippen LogP contribution in [0.5, 0.6) is 0 Å². The first kappa shape index (κ1) is 9.13. The summed E-state index contributed by atoms with van der Waals surface area (Å²) in [4.78, 5) is 0. The van der Waals surface area contributed by atoms with Gasteiger partial charge in [0.05, 0.1) is 11.2 Å². The van der Waals surface area contributed by atoms with E-state index in [0.717, 1.165) is 0 Å². The van der Waals surface area contributed by atoms with Crippen molar-refractivity contribution in [3.05, 3.63) is 36.2 Å². The quantitative estimate of drug-likeness (QED) is 0.766. The lowest BCUT2D eigenvalue weighted by atomic mass is 10.1. The van der Waals surface area contributed by atoms with Gasteiger partial charge < -0.3 is 9.72 Å². The van der Waals surface area contributed by atoms with Crippen molar-refractivity contribution in [2.24, 2.45) is 0 Å². The third-order valence-electron chi connectivity index (χ3n) is 2.61. The first-order valence-electron chi connectivity index (χ1n) is 5.00. The molecule has 2 rings (SSSR count). The van der Waals surface area contributed by atoms with Crippen molar-refractivity contribution in [1.82, 2.24) is 4.40 Å². The number of hydrogen-bond acceptors (Lipinski definition) is 1.